The molecule has 4 atom stereocenters. The maximum Gasteiger partial charge on any atom is 0.351 e. The van der Waals surface area contributed by atoms with Crippen LogP contribution in [0.25, 0.3) is 0 Å². The zero-order valence-corrected chi connectivity index (χ0v) is 9.23. The van der Waals surface area contributed by atoms with Crippen molar-refractivity contribution in [2.75, 3.05) is 12.3 Å². The number of halogens is 1. The van der Waals surface area contributed by atoms with Gasteiger partial charge in [0.05, 0.1) is 6.61 Å². The molecule has 0 aromatic carbocycles. The number of alkyl halides is 1. The monoisotopic (exact) mass is 260 g/mol. The van der Waals surface area contributed by atoms with Crippen molar-refractivity contribution in [1.82, 2.24) is 9.55 Å². The molecule has 6 N–H and O–H groups in total. The number of nitrogen functional groups attached to an aromatic ring is 1. The molecule has 0 unspecified atom stereocenters. The topological polar surface area (TPSA) is 137 Å². The number of nitrogens with zero attached hydrogens (tertiary/aromatic N) is 2. The molecule has 0 spiro atoms. The summed E-state index contributed by atoms with van der Waals surface area (Å²) in [5.41, 5.74) is 7.98. The first-order chi connectivity index (χ1) is 8.39. The van der Waals surface area contributed by atoms with Crippen LogP contribution in [0.4, 0.5) is 10.2 Å². The van der Waals surface area contributed by atoms with Gasteiger partial charge in [-0.2, -0.15) is 4.98 Å². The zero-order chi connectivity index (χ0) is 13.5. The van der Waals surface area contributed by atoms with Crippen molar-refractivity contribution in [2.45, 2.75) is 24.2 Å². The van der Waals surface area contributed by atoms with Crippen LogP contribution in [-0.4, -0.2) is 44.4 Å². The number of rotatable bonds is 2. The minimum atomic E-state index is -1.97. The van der Waals surface area contributed by atoms with E-state index in [9.17, 15) is 14.3 Å². The standard InChI is InChI=1S/C9H13FN4O4/c10-5-6(16)9(12,3-15)18-7(5)14-2-1-4(11)13-8(14)17/h1-2,5-7,15-16H,3,12H2,(H2,11,13,17)/t5-,6+,7-,9-/m1/s1. The van der Waals surface area contributed by atoms with E-state index in [4.69, 9.17) is 21.3 Å². The van der Waals surface area contributed by atoms with Crippen LogP contribution in [0, 0.1) is 0 Å². The second-order valence-corrected chi connectivity index (χ2v) is 4.05. The molecule has 0 saturated carbocycles. The Hall–Kier alpha value is -1.55. The number of hydrogen-bond acceptors (Lipinski definition) is 7. The van der Waals surface area contributed by atoms with Crippen LogP contribution in [0.1, 0.15) is 6.23 Å². The van der Waals surface area contributed by atoms with Gasteiger partial charge >= 0.3 is 5.69 Å². The van der Waals surface area contributed by atoms with Crippen molar-refractivity contribution in [3.63, 3.8) is 0 Å². The van der Waals surface area contributed by atoms with E-state index < -0.39 is 36.5 Å². The summed E-state index contributed by atoms with van der Waals surface area (Å²) >= 11 is 0. The second-order valence-electron chi connectivity index (χ2n) is 4.05. The lowest BCUT2D eigenvalue weighted by Gasteiger charge is -2.24. The maximum atomic E-state index is 13.8. The number of hydrogen-bond donors (Lipinski definition) is 4. The molecule has 9 heteroatoms. The fraction of sp³-hybridized carbons (Fsp3) is 0.556. The highest BCUT2D eigenvalue weighted by Crippen LogP contribution is 2.34. The fourth-order valence-electron chi connectivity index (χ4n) is 1.75. The SMILES string of the molecule is Nc1ccn([C@@H]2O[C@](N)(CO)[C@@H](O)[C@H]2F)c(=O)n1. The first kappa shape index (κ1) is 12.9. The van der Waals surface area contributed by atoms with E-state index in [0.717, 1.165) is 4.57 Å². The summed E-state index contributed by atoms with van der Waals surface area (Å²) in [6, 6.07) is 1.28. The lowest BCUT2D eigenvalue weighted by molar-refractivity contribution is -0.125. The van der Waals surface area contributed by atoms with E-state index in [0.29, 0.717) is 0 Å². The van der Waals surface area contributed by atoms with Crippen molar-refractivity contribution in [2.24, 2.45) is 5.73 Å². The smallest absolute Gasteiger partial charge is 0.351 e. The summed E-state index contributed by atoms with van der Waals surface area (Å²) in [7, 11) is 0. The minimum Gasteiger partial charge on any atom is -0.392 e. The van der Waals surface area contributed by atoms with Crippen LogP contribution >= 0.6 is 0 Å². The van der Waals surface area contributed by atoms with Gasteiger partial charge in [0.1, 0.15) is 11.9 Å². The van der Waals surface area contributed by atoms with Gasteiger partial charge < -0.3 is 20.7 Å². The van der Waals surface area contributed by atoms with Crippen molar-refractivity contribution in [3.05, 3.63) is 22.7 Å². The summed E-state index contributed by atoms with van der Waals surface area (Å²) in [6.07, 6.45) is -4.00. The fourth-order valence-corrected chi connectivity index (χ4v) is 1.75. The van der Waals surface area contributed by atoms with E-state index in [-0.39, 0.29) is 5.82 Å². The number of nitrogens with two attached hydrogens (primary N) is 2. The lowest BCUT2D eigenvalue weighted by Crippen LogP contribution is -2.53. The third-order valence-corrected chi connectivity index (χ3v) is 2.79. The Morgan fingerprint density at radius 3 is 2.83 bits per heavy atom. The van der Waals surface area contributed by atoms with E-state index >= 15 is 0 Å². The van der Waals surface area contributed by atoms with E-state index in [1.165, 1.54) is 12.3 Å². The molecule has 0 radical (unpaired) electrons. The lowest BCUT2D eigenvalue weighted by atomic mass is 10.1. The summed E-state index contributed by atoms with van der Waals surface area (Å²) < 4.78 is 19.7. The highest BCUT2D eigenvalue weighted by atomic mass is 19.1. The second kappa shape index (κ2) is 4.28. The molecule has 2 heterocycles. The number of aliphatic hydroxyl groups excluding tert-OH is 2. The van der Waals surface area contributed by atoms with Gasteiger partial charge in [-0.05, 0) is 6.07 Å². The molecule has 1 aliphatic heterocycles. The van der Waals surface area contributed by atoms with Crippen LogP contribution in [0.3, 0.4) is 0 Å². The molecule has 8 nitrogen and oxygen atoms in total. The Morgan fingerprint density at radius 1 is 1.67 bits per heavy atom. The van der Waals surface area contributed by atoms with Crippen LogP contribution in [0.15, 0.2) is 17.1 Å². The summed E-state index contributed by atoms with van der Waals surface area (Å²) in [5, 5.41) is 18.5. The summed E-state index contributed by atoms with van der Waals surface area (Å²) in [6.45, 7) is -0.789. The highest BCUT2D eigenvalue weighted by molar-refractivity contribution is 5.23. The largest absolute Gasteiger partial charge is 0.392 e. The Kier molecular flexibility index (Phi) is 3.07. The molecule has 1 saturated heterocycles. The molecule has 1 aliphatic rings. The third-order valence-electron chi connectivity index (χ3n) is 2.79. The third kappa shape index (κ3) is 1.86. The van der Waals surface area contributed by atoms with Crippen molar-refractivity contribution in [1.29, 1.82) is 0 Å². The highest BCUT2D eigenvalue weighted by Gasteiger charge is 2.53. The first-order valence-electron chi connectivity index (χ1n) is 5.13. The molecule has 0 amide bonds. The molecule has 0 bridgehead atoms. The Balaban J connectivity index is 2.38. The minimum absolute atomic E-state index is 0.0219. The summed E-state index contributed by atoms with van der Waals surface area (Å²) in [5.74, 6) is -0.0219. The van der Waals surface area contributed by atoms with Crippen molar-refractivity contribution in [3.8, 4) is 0 Å². The predicted octanol–water partition coefficient (Wildman–Crippen LogP) is -2.30. The normalized spacial score (nSPS) is 35.9. The number of aliphatic hydroxyl groups is 2. The van der Waals surface area contributed by atoms with Gasteiger partial charge in [-0.3, -0.25) is 10.3 Å². The predicted molar refractivity (Wildman–Crippen MR) is 57.9 cm³/mol. The maximum absolute atomic E-state index is 13.8. The average molecular weight is 260 g/mol. The van der Waals surface area contributed by atoms with Gasteiger partial charge in [0.25, 0.3) is 0 Å². The Morgan fingerprint density at radius 2 is 2.33 bits per heavy atom. The van der Waals surface area contributed by atoms with Crippen molar-refractivity contribution >= 4 is 5.82 Å². The molecular weight excluding hydrogens is 247 g/mol. The van der Waals surface area contributed by atoms with Crippen molar-refractivity contribution < 1.29 is 19.3 Å². The van der Waals surface area contributed by atoms with Gasteiger partial charge in [-0.15, -0.1) is 0 Å². The van der Waals surface area contributed by atoms with Crippen LogP contribution in [0.5, 0.6) is 0 Å². The summed E-state index contributed by atoms with van der Waals surface area (Å²) in [4.78, 5) is 14.9. The van der Waals surface area contributed by atoms with Gasteiger partial charge in [0.2, 0.25) is 0 Å². The molecule has 18 heavy (non-hydrogen) atoms. The van der Waals surface area contributed by atoms with E-state index in [1.54, 1.807) is 0 Å². The molecule has 100 valence electrons. The molecule has 0 aliphatic carbocycles. The van der Waals surface area contributed by atoms with Crippen LogP contribution in [0.2, 0.25) is 0 Å². The molecule has 1 aromatic heterocycles. The van der Waals surface area contributed by atoms with E-state index in [1.807, 2.05) is 0 Å². The molecular formula is C9H13FN4O4. The quantitative estimate of drug-likeness (QED) is 0.469. The number of aromatic nitrogens is 2. The van der Waals surface area contributed by atoms with Crippen LogP contribution < -0.4 is 17.2 Å². The van der Waals surface area contributed by atoms with Gasteiger partial charge in [0, 0.05) is 6.20 Å². The zero-order valence-electron chi connectivity index (χ0n) is 9.23. The number of ether oxygens (including phenoxy) is 1. The van der Waals surface area contributed by atoms with Crippen LogP contribution in [-0.2, 0) is 4.74 Å². The molecule has 1 aromatic rings. The molecule has 2 rings (SSSR count). The number of anilines is 1. The van der Waals surface area contributed by atoms with Gasteiger partial charge in [-0.25, -0.2) is 9.18 Å². The van der Waals surface area contributed by atoms with E-state index in [2.05, 4.69) is 4.98 Å². The van der Waals surface area contributed by atoms with Gasteiger partial charge in [-0.1, -0.05) is 0 Å². The first-order valence-corrected chi connectivity index (χ1v) is 5.13. The van der Waals surface area contributed by atoms with Gasteiger partial charge in [0.15, 0.2) is 18.1 Å². The average Bonchev–Trinajstić information content (AvgIpc) is 2.55. The Bertz CT molecular complexity index is 510. The Labute approximate surface area is 101 Å². The molecule has 1 fully saturated rings.